The molecular weight excluding hydrogens is 600 g/mol. The second-order valence-electron chi connectivity index (χ2n) is 9.07. The van der Waals surface area contributed by atoms with Gasteiger partial charge in [-0.2, -0.15) is 13.0 Å². The maximum Gasteiger partial charge on any atom is 0.394 e. The summed E-state index contributed by atoms with van der Waals surface area (Å²) in [6.07, 6.45) is 6.23. The summed E-state index contributed by atoms with van der Waals surface area (Å²) in [7, 11) is -3.32. The summed E-state index contributed by atoms with van der Waals surface area (Å²) in [5.74, 6) is -2.93. The largest absolute Gasteiger partial charge is 0.543 e. The van der Waals surface area contributed by atoms with Gasteiger partial charge in [0, 0.05) is 34.8 Å². The van der Waals surface area contributed by atoms with Crippen molar-refractivity contribution >= 4 is 62.6 Å². The molecule has 15 nitrogen and oxygen atoms in total. The van der Waals surface area contributed by atoms with Crippen molar-refractivity contribution in [3.05, 3.63) is 51.9 Å². The number of rotatable bonds is 8. The molecule has 0 spiro atoms. The van der Waals surface area contributed by atoms with Crippen molar-refractivity contribution in [1.29, 1.82) is 0 Å². The first kappa shape index (κ1) is 30.4. The van der Waals surface area contributed by atoms with E-state index >= 15 is 0 Å². The zero-order chi connectivity index (χ0) is 29.9. The third-order valence-electron chi connectivity index (χ3n) is 6.50. The van der Waals surface area contributed by atoms with Gasteiger partial charge in [-0.15, -0.1) is 23.1 Å². The fraction of sp³-hybridized carbons (Fsp3) is 0.391. The maximum atomic E-state index is 13.1. The molecule has 0 bridgehead atoms. The maximum absolute atomic E-state index is 13.1. The van der Waals surface area contributed by atoms with Gasteiger partial charge in [0.25, 0.3) is 5.91 Å². The van der Waals surface area contributed by atoms with Gasteiger partial charge in [-0.05, 0) is 18.9 Å². The molecule has 0 radical (unpaired) electrons. The number of fused-ring (bicyclic) bond motifs is 2. The number of nitrogens with zero attached hydrogens (tertiary/aromatic N) is 4. The minimum Gasteiger partial charge on any atom is -0.543 e. The molecule has 0 aromatic carbocycles. The van der Waals surface area contributed by atoms with Gasteiger partial charge in [-0.1, -0.05) is 5.16 Å². The lowest BCUT2D eigenvalue weighted by atomic mass is 10.0. The number of aromatic nitrogens is 2. The molecule has 3 unspecified atom stereocenters. The van der Waals surface area contributed by atoms with Gasteiger partial charge in [-0.3, -0.25) is 23.6 Å². The average molecular weight is 627 g/mol. The topological polar surface area (TPSA) is 229 Å². The van der Waals surface area contributed by atoms with E-state index in [4.69, 9.17) is 28.1 Å². The highest BCUT2D eigenvalue weighted by molar-refractivity contribution is 8.00. The number of hydrogen-bond donors (Lipinski definition) is 4. The molecule has 5 N–H and O–H groups in total. The lowest BCUT2D eigenvalue weighted by Crippen LogP contribution is -2.71. The van der Waals surface area contributed by atoms with E-state index in [1.165, 1.54) is 52.6 Å². The first-order chi connectivity index (χ1) is 19.4. The van der Waals surface area contributed by atoms with Crippen molar-refractivity contribution in [3.63, 3.8) is 0 Å². The first-order valence-electron chi connectivity index (χ1n) is 12.0. The van der Waals surface area contributed by atoms with Gasteiger partial charge in [0.15, 0.2) is 23.6 Å². The molecule has 220 valence electrons. The Kier molecular flexibility index (Phi) is 9.27. The lowest BCUT2D eigenvalue weighted by Gasteiger charge is -2.50. The minimum absolute atomic E-state index is 0.109. The number of hydrogen-bond acceptors (Lipinski definition) is 12. The fourth-order valence-electron chi connectivity index (χ4n) is 4.85. The Hall–Kier alpha value is -3.58. The number of aliphatic carboxylic acids is 1. The molecule has 0 saturated carbocycles. The standard InChI is InChI=1S/C23H24N6O5S2.H2O4S/c1-34-25-8-14(15-11-36-23(24)26-15)19(30)27-17-20(31)29-18(22(32)33)13(10-35-21(17)29)9-28-7-3-5-12-4-2-6-16(12)28;1-5(2,3)4/h3,5,7-8,11,14,17,21H,2,4,6,9-10H2,1H3,(H3-,24,26,27,30,32,33);(H2,1,2,3,4). The summed E-state index contributed by atoms with van der Waals surface area (Å²) in [6.45, 7) is 0.369. The number of carboxylic acids is 1. The monoisotopic (exact) mass is 626 g/mol. The number of thioether (sulfide) groups is 1. The van der Waals surface area contributed by atoms with Crippen LogP contribution in [0.15, 0.2) is 40.1 Å². The third-order valence-corrected chi connectivity index (χ3v) is 8.53. The lowest BCUT2D eigenvalue weighted by molar-refractivity contribution is -0.696. The summed E-state index contributed by atoms with van der Waals surface area (Å²) in [6, 6.07) is 3.17. The highest BCUT2D eigenvalue weighted by Gasteiger charge is 2.53. The number of oxime groups is 1. The third kappa shape index (κ3) is 7.02. The van der Waals surface area contributed by atoms with Crippen molar-refractivity contribution in [2.45, 2.75) is 43.1 Å². The number of carbonyl (C=O) groups excluding carboxylic acids is 3. The van der Waals surface area contributed by atoms with Crippen molar-refractivity contribution in [2.75, 3.05) is 18.6 Å². The predicted molar refractivity (Wildman–Crippen MR) is 145 cm³/mol. The molecule has 3 atom stereocenters. The Bertz CT molecular complexity index is 1520. The van der Waals surface area contributed by atoms with E-state index in [1.54, 1.807) is 5.38 Å². The van der Waals surface area contributed by atoms with Crippen LogP contribution in [0.4, 0.5) is 5.13 Å². The quantitative estimate of drug-likeness (QED) is 0.0878. The molecule has 4 heterocycles. The van der Waals surface area contributed by atoms with E-state index in [0.29, 0.717) is 28.7 Å². The second kappa shape index (κ2) is 12.5. The van der Waals surface area contributed by atoms with Gasteiger partial charge in [0.2, 0.25) is 5.91 Å². The summed E-state index contributed by atoms with van der Waals surface area (Å²) in [5, 5.41) is 19.9. The molecule has 1 saturated heterocycles. The Labute approximate surface area is 242 Å². The Morgan fingerprint density at radius 2 is 2.15 bits per heavy atom. The predicted octanol–water partition coefficient (Wildman–Crippen LogP) is -1.33. The van der Waals surface area contributed by atoms with Crippen LogP contribution in [0.2, 0.25) is 0 Å². The molecule has 1 aliphatic carbocycles. The van der Waals surface area contributed by atoms with E-state index in [0.717, 1.165) is 19.3 Å². The minimum atomic E-state index is -4.67. The number of nitrogens with one attached hydrogen (secondary N) is 1. The fourth-order valence-corrected chi connectivity index (χ4v) is 6.78. The Balaban J connectivity index is 0.000000714. The normalized spacial score (nSPS) is 20.5. The molecule has 41 heavy (non-hydrogen) atoms. The van der Waals surface area contributed by atoms with Crippen LogP contribution in [0.3, 0.4) is 0 Å². The molecule has 3 aliphatic rings. The van der Waals surface area contributed by atoms with Gasteiger partial charge in [-0.25, -0.2) is 4.98 Å². The van der Waals surface area contributed by atoms with Crippen LogP contribution < -0.4 is 20.7 Å². The summed E-state index contributed by atoms with van der Waals surface area (Å²) >= 11 is 2.59. The number of pyridine rings is 1. The van der Waals surface area contributed by atoms with Crippen LogP contribution in [0.1, 0.15) is 29.3 Å². The smallest absolute Gasteiger partial charge is 0.394 e. The Morgan fingerprint density at radius 3 is 2.78 bits per heavy atom. The molecule has 2 aromatic rings. The highest BCUT2D eigenvalue weighted by atomic mass is 32.3. The molecule has 2 aliphatic heterocycles. The number of carbonyl (C=O) groups is 3. The molecular formula is C23H26N6O9S3. The number of thiazole rings is 1. The number of nitrogens with two attached hydrogens (primary N) is 1. The van der Waals surface area contributed by atoms with Crippen LogP contribution in [0, 0.1) is 0 Å². The zero-order valence-corrected chi connectivity index (χ0v) is 23.9. The van der Waals surface area contributed by atoms with Crippen LogP contribution in [0.25, 0.3) is 0 Å². The Morgan fingerprint density at radius 1 is 1.41 bits per heavy atom. The van der Waals surface area contributed by atoms with Crippen molar-refractivity contribution in [3.8, 4) is 0 Å². The first-order valence-corrected chi connectivity index (χ1v) is 15.4. The highest BCUT2D eigenvalue weighted by Crippen LogP contribution is 2.40. The van der Waals surface area contributed by atoms with Crippen molar-refractivity contribution in [2.24, 2.45) is 5.16 Å². The summed E-state index contributed by atoms with van der Waals surface area (Å²) in [5.41, 5.74) is 9.05. The van der Waals surface area contributed by atoms with Gasteiger partial charge >= 0.3 is 10.4 Å². The van der Waals surface area contributed by atoms with E-state index in [2.05, 4.69) is 26.1 Å². The number of nitrogen functional groups attached to an aromatic ring is 1. The van der Waals surface area contributed by atoms with Crippen LogP contribution in [-0.4, -0.2) is 75.7 Å². The second-order valence-corrected chi connectivity index (χ2v) is 12.0. The van der Waals surface area contributed by atoms with Crippen molar-refractivity contribution in [1.82, 2.24) is 15.2 Å². The molecule has 2 aromatic heterocycles. The number of carboxylic acid groups (broad SMARTS) is 1. The van der Waals surface area contributed by atoms with Crippen LogP contribution in [-0.2, 0) is 49.0 Å². The average Bonchev–Trinajstić information content (AvgIpc) is 3.55. The van der Waals surface area contributed by atoms with Crippen molar-refractivity contribution < 1.29 is 46.4 Å². The molecule has 5 rings (SSSR count). The zero-order valence-electron chi connectivity index (χ0n) is 21.5. The molecule has 2 amide bonds. The van der Waals surface area contributed by atoms with Gasteiger partial charge in [0.1, 0.15) is 24.4 Å². The van der Waals surface area contributed by atoms with E-state index in [-0.39, 0.29) is 5.70 Å². The van der Waals surface area contributed by atoms with Gasteiger partial charge < -0.3 is 25.8 Å². The number of aryl methyl sites for hydroxylation is 1. The van der Waals surface area contributed by atoms with Gasteiger partial charge in [0.05, 0.1) is 23.6 Å². The molecule has 1 fully saturated rings. The number of amides is 2. The van der Waals surface area contributed by atoms with E-state index < -0.39 is 45.5 Å². The van der Waals surface area contributed by atoms with Crippen LogP contribution >= 0.6 is 23.1 Å². The summed E-state index contributed by atoms with van der Waals surface area (Å²) < 4.78 is 33.6. The summed E-state index contributed by atoms with van der Waals surface area (Å²) in [4.78, 5) is 48.4. The van der Waals surface area contributed by atoms with Crippen LogP contribution in [0.5, 0.6) is 0 Å². The number of β-lactam (4-membered cyclic amide) rings is 1. The van der Waals surface area contributed by atoms with E-state index in [1.807, 2.05) is 12.3 Å². The SMILES string of the molecule is CON=CC(C(=O)NC1C(=O)N2C(C(=O)[O-])=C(C[n+]3cccc4c3CCC4)CSC12)c1csc(N)n1.O=S(=O)(O)O. The molecule has 18 heteroatoms. The van der Waals surface area contributed by atoms with E-state index in [9.17, 15) is 19.5 Å². The number of anilines is 1.